The van der Waals surface area contributed by atoms with Crippen LogP contribution in [-0.2, 0) is 0 Å². The maximum Gasteiger partial charge on any atom is 0.287 e. The van der Waals surface area contributed by atoms with E-state index in [0.29, 0.717) is 25.9 Å². The molecule has 1 saturated heterocycles. The molecule has 6 heteroatoms. The van der Waals surface area contributed by atoms with Crippen LogP contribution in [0, 0.1) is 5.82 Å². The number of hydrogen-bond acceptors (Lipinski definition) is 3. The summed E-state index contributed by atoms with van der Waals surface area (Å²) < 4.78 is 19.3. The van der Waals surface area contributed by atoms with E-state index in [1.165, 1.54) is 18.4 Å². The molecule has 2 aromatic carbocycles. The zero-order chi connectivity index (χ0) is 20.2. The smallest absolute Gasteiger partial charge is 0.287 e. The largest absolute Gasteiger partial charge is 0.459 e. The lowest BCUT2D eigenvalue weighted by molar-refractivity contribution is 0.0691. The summed E-state index contributed by atoms with van der Waals surface area (Å²) in [6.07, 6.45) is 2.72. The zero-order valence-corrected chi connectivity index (χ0v) is 15.8. The van der Waals surface area contributed by atoms with Gasteiger partial charge in [-0.15, -0.1) is 0 Å². The Balaban J connectivity index is 1.37. The number of piperidine rings is 1. The molecule has 1 aliphatic rings. The number of furan rings is 1. The minimum atomic E-state index is -0.515. The van der Waals surface area contributed by atoms with Crippen molar-refractivity contribution in [2.75, 3.05) is 13.1 Å². The Morgan fingerprint density at radius 3 is 2.38 bits per heavy atom. The van der Waals surface area contributed by atoms with Crippen LogP contribution in [0.25, 0.3) is 11.1 Å². The van der Waals surface area contributed by atoms with Gasteiger partial charge >= 0.3 is 0 Å². The third-order valence-corrected chi connectivity index (χ3v) is 5.18. The van der Waals surface area contributed by atoms with Crippen molar-refractivity contribution in [1.82, 2.24) is 10.2 Å². The van der Waals surface area contributed by atoms with Gasteiger partial charge in [-0.2, -0.15) is 0 Å². The highest BCUT2D eigenvalue weighted by Crippen LogP contribution is 2.25. The summed E-state index contributed by atoms with van der Waals surface area (Å²) in [4.78, 5) is 26.9. The first kappa shape index (κ1) is 18.9. The number of benzene rings is 2. The number of carbonyl (C=O) groups excluding carboxylic acids is 2. The van der Waals surface area contributed by atoms with Gasteiger partial charge in [-0.3, -0.25) is 9.59 Å². The average molecular weight is 392 g/mol. The second kappa shape index (κ2) is 8.31. The number of nitrogens with one attached hydrogen (secondary N) is 1. The van der Waals surface area contributed by atoms with Crippen molar-refractivity contribution < 1.29 is 18.4 Å². The highest BCUT2D eigenvalue weighted by atomic mass is 19.1. The van der Waals surface area contributed by atoms with Crippen LogP contribution in [0.4, 0.5) is 4.39 Å². The quantitative estimate of drug-likeness (QED) is 0.727. The van der Waals surface area contributed by atoms with E-state index in [0.717, 1.165) is 11.1 Å². The van der Waals surface area contributed by atoms with E-state index in [9.17, 15) is 14.0 Å². The van der Waals surface area contributed by atoms with E-state index in [1.807, 2.05) is 30.3 Å². The maximum atomic E-state index is 13.9. The fourth-order valence-electron chi connectivity index (χ4n) is 3.61. The molecule has 148 valence electrons. The number of hydrogen-bond donors (Lipinski definition) is 1. The monoisotopic (exact) mass is 392 g/mol. The van der Waals surface area contributed by atoms with Crippen molar-refractivity contribution in [3.8, 4) is 11.1 Å². The van der Waals surface area contributed by atoms with Gasteiger partial charge in [0.15, 0.2) is 5.76 Å². The lowest BCUT2D eigenvalue weighted by Gasteiger charge is -2.32. The van der Waals surface area contributed by atoms with Gasteiger partial charge in [0.2, 0.25) is 0 Å². The molecule has 2 amide bonds. The molecule has 3 aromatic rings. The minimum absolute atomic E-state index is 0.0686. The highest BCUT2D eigenvalue weighted by Gasteiger charge is 2.27. The van der Waals surface area contributed by atoms with E-state index < -0.39 is 5.82 Å². The normalized spacial score (nSPS) is 14.6. The third-order valence-electron chi connectivity index (χ3n) is 5.18. The predicted octanol–water partition coefficient (Wildman–Crippen LogP) is 4.12. The first-order valence-corrected chi connectivity index (χ1v) is 9.61. The number of amides is 2. The van der Waals surface area contributed by atoms with Gasteiger partial charge in [-0.05, 0) is 36.6 Å². The molecule has 2 heterocycles. The van der Waals surface area contributed by atoms with Crippen molar-refractivity contribution in [1.29, 1.82) is 0 Å². The Morgan fingerprint density at radius 1 is 0.966 bits per heavy atom. The molecule has 0 radical (unpaired) electrons. The fraction of sp³-hybridized carbons (Fsp3) is 0.217. The number of carbonyl (C=O) groups is 2. The van der Waals surface area contributed by atoms with Crippen molar-refractivity contribution in [3.63, 3.8) is 0 Å². The van der Waals surface area contributed by atoms with Gasteiger partial charge < -0.3 is 14.6 Å². The molecule has 29 heavy (non-hydrogen) atoms. The molecular weight excluding hydrogens is 371 g/mol. The van der Waals surface area contributed by atoms with E-state index in [1.54, 1.807) is 23.1 Å². The zero-order valence-electron chi connectivity index (χ0n) is 15.8. The van der Waals surface area contributed by atoms with E-state index in [-0.39, 0.29) is 29.2 Å². The second-order valence-electron chi connectivity index (χ2n) is 7.05. The van der Waals surface area contributed by atoms with Crippen LogP contribution in [0.3, 0.4) is 0 Å². The van der Waals surface area contributed by atoms with Crippen molar-refractivity contribution >= 4 is 11.8 Å². The number of halogens is 1. The molecule has 0 spiro atoms. The molecular formula is C23H21FN2O3. The van der Waals surface area contributed by atoms with Crippen molar-refractivity contribution in [3.05, 3.63) is 84.1 Å². The predicted molar refractivity (Wildman–Crippen MR) is 107 cm³/mol. The molecule has 5 nitrogen and oxygen atoms in total. The van der Waals surface area contributed by atoms with Crippen LogP contribution in [0.2, 0.25) is 0 Å². The van der Waals surface area contributed by atoms with Gasteiger partial charge in [0.05, 0.1) is 11.8 Å². The molecule has 1 N–H and O–H groups in total. The lowest BCUT2D eigenvalue weighted by atomic mass is 10.0. The lowest BCUT2D eigenvalue weighted by Crippen LogP contribution is -2.46. The fourth-order valence-corrected chi connectivity index (χ4v) is 3.61. The van der Waals surface area contributed by atoms with Gasteiger partial charge in [-0.1, -0.05) is 42.5 Å². The van der Waals surface area contributed by atoms with E-state index in [2.05, 4.69) is 5.32 Å². The summed E-state index contributed by atoms with van der Waals surface area (Å²) in [7, 11) is 0. The van der Waals surface area contributed by atoms with Crippen LogP contribution in [0.15, 0.2) is 71.3 Å². The Kier molecular flexibility index (Phi) is 5.42. The summed E-state index contributed by atoms with van der Waals surface area (Å²) in [5.41, 5.74) is 1.74. The highest BCUT2D eigenvalue weighted by molar-refractivity contribution is 5.98. The maximum absolute atomic E-state index is 13.9. The number of rotatable bonds is 4. The molecule has 0 aliphatic carbocycles. The third kappa shape index (κ3) is 4.06. The number of nitrogens with zero attached hydrogens (tertiary/aromatic N) is 1. The molecule has 1 aromatic heterocycles. The Morgan fingerprint density at radius 2 is 1.66 bits per heavy atom. The van der Waals surface area contributed by atoms with Crippen molar-refractivity contribution in [2.24, 2.45) is 0 Å². The summed E-state index contributed by atoms with van der Waals surface area (Å²) in [6, 6.07) is 17.3. The molecule has 0 atom stereocenters. The molecule has 0 bridgehead atoms. The van der Waals surface area contributed by atoms with Crippen molar-refractivity contribution in [2.45, 2.75) is 18.9 Å². The SMILES string of the molecule is O=C(NC1CCN(C(=O)c2ccccc2F)CC1)c1occc1-c1ccccc1. The molecule has 0 saturated carbocycles. The summed E-state index contributed by atoms with van der Waals surface area (Å²) in [6.45, 7) is 0.920. The van der Waals surface area contributed by atoms with Crippen LogP contribution >= 0.6 is 0 Å². The molecule has 1 fully saturated rings. The summed E-state index contributed by atoms with van der Waals surface area (Å²) in [5, 5.41) is 3.00. The minimum Gasteiger partial charge on any atom is -0.459 e. The van der Waals surface area contributed by atoms with Gasteiger partial charge in [0, 0.05) is 24.7 Å². The second-order valence-corrected chi connectivity index (χ2v) is 7.05. The van der Waals surface area contributed by atoms with Crippen LogP contribution < -0.4 is 5.32 Å². The van der Waals surface area contributed by atoms with E-state index in [4.69, 9.17) is 4.42 Å². The Bertz CT molecular complexity index is 1010. The van der Waals surface area contributed by atoms with Crippen LogP contribution in [0.1, 0.15) is 33.8 Å². The Hall–Kier alpha value is -3.41. The average Bonchev–Trinajstić information content (AvgIpc) is 3.25. The van der Waals surface area contributed by atoms with Gasteiger partial charge in [0.25, 0.3) is 11.8 Å². The molecule has 4 rings (SSSR count). The van der Waals surface area contributed by atoms with Crippen LogP contribution in [-0.4, -0.2) is 35.8 Å². The first-order chi connectivity index (χ1) is 14.1. The molecule has 1 aliphatic heterocycles. The first-order valence-electron chi connectivity index (χ1n) is 9.61. The van der Waals surface area contributed by atoms with Crippen LogP contribution in [0.5, 0.6) is 0 Å². The summed E-state index contributed by atoms with van der Waals surface area (Å²) >= 11 is 0. The summed E-state index contributed by atoms with van der Waals surface area (Å²) in [5.74, 6) is -0.821. The standard InChI is InChI=1S/C23H21FN2O3/c24-20-9-5-4-8-19(20)23(28)26-13-10-17(11-14-26)25-22(27)21-18(12-15-29-21)16-6-2-1-3-7-16/h1-9,12,15,17H,10-11,13-14H2,(H,25,27). The number of likely N-dealkylation sites (tertiary alicyclic amines) is 1. The van der Waals surface area contributed by atoms with Gasteiger partial charge in [0.1, 0.15) is 5.82 Å². The van der Waals surface area contributed by atoms with Gasteiger partial charge in [-0.25, -0.2) is 4.39 Å². The topological polar surface area (TPSA) is 62.6 Å². The Labute approximate surface area is 168 Å². The van der Waals surface area contributed by atoms with E-state index >= 15 is 0 Å². The molecule has 0 unspecified atom stereocenters.